The van der Waals surface area contributed by atoms with E-state index in [1.165, 1.54) is 35.2 Å². The van der Waals surface area contributed by atoms with Crippen molar-refractivity contribution < 1.29 is 9.50 Å². The van der Waals surface area contributed by atoms with Gasteiger partial charge in [-0.3, -0.25) is 0 Å². The normalized spacial score (nSPS) is 12.7. The molecule has 0 saturated carbocycles. The SMILES string of the molecule is Cc1nnc(Sc2ccc(F)cc2C(C)O)s1. The van der Waals surface area contributed by atoms with Crippen molar-refractivity contribution in [2.45, 2.75) is 29.2 Å². The van der Waals surface area contributed by atoms with Crippen molar-refractivity contribution in [2.75, 3.05) is 0 Å². The molecule has 17 heavy (non-hydrogen) atoms. The van der Waals surface area contributed by atoms with Gasteiger partial charge in [0.1, 0.15) is 10.8 Å². The average Bonchev–Trinajstić information content (AvgIpc) is 2.66. The summed E-state index contributed by atoms with van der Waals surface area (Å²) in [4.78, 5) is 0.803. The molecule has 1 atom stereocenters. The van der Waals surface area contributed by atoms with E-state index >= 15 is 0 Å². The highest BCUT2D eigenvalue weighted by Gasteiger charge is 2.12. The van der Waals surface area contributed by atoms with Gasteiger partial charge in [-0.05, 0) is 37.6 Å². The van der Waals surface area contributed by atoms with Crippen LogP contribution in [0.25, 0.3) is 0 Å². The first-order valence-electron chi connectivity index (χ1n) is 5.01. The molecule has 2 rings (SSSR count). The fourth-order valence-electron chi connectivity index (χ4n) is 1.35. The quantitative estimate of drug-likeness (QED) is 0.930. The molecule has 1 unspecified atom stereocenters. The van der Waals surface area contributed by atoms with Crippen LogP contribution < -0.4 is 0 Å². The van der Waals surface area contributed by atoms with Gasteiger partial charge in [0.15, 0.2) is 4.34 Å². The number of aromatic nitrogens is 2. The average molecular weight is 270 g/mol. The lowest BCUT2D eigenvalue weighted by Crippen LogP contribution is -1.95. The van der Waals surface area contributed by atoms with Crippen LogP contribution in [0.5, 0.6) is 0 Å². The molecule has 0 aliphatic rings. The third-order valence-corrected chi connectivity index (χ3v) is 4.11. The molecular weight excluding hydrogens is 259 g/mol. The second-order valence-electron chi connectivity index (χ2n) is 3.55. The predicted octanol–water partition coefficient (Wildman–Crippen LogP) is 3.19. The van der Waals surface area contributed by atoms with Crippen LogP contribution in [0.2, 0.25) is 0 Å². The van der Waals surface area contributed by atoms with Crippen molar-refractivity contribution in [3.05, 3.63) is 34.6 Å². The van der Waals surface area contributed by atoms with E-state index in [-0.39, 0.29) is 5.82 Å². The fraction of sp³-hybridized carbons (Fsp3) is 0.273. The Hall–Kier alpha value is -0.980. The summed E-state index contributed by atoms with van der Waals surface area (Å²) in [5, 5.41) is 18.4. The van der Waals surface area contributed by atoms with E-state index in [4.69, 9.17) is 0 Å². The molecule has 1 aromatic heterocycles. The summed E-state index contributed by atoms with van der Waals surface area (Å²) in [7, 11) is 0. The van der Waals surface area contributed by atoms with Crippen molar-refractivity contribution >= 4 is 23.1 Å². The summed E-state index contributed by atoms with van der Waals surface area (Å²) in [6.07, 6.45) is -0.706. The molecule has 6 heteroatoms. The number of aliphatic hydroxyl groups excluding tert-OH is 1. The van der Waals surface area contributed by atoms with Crippen LogP contribution in [0, 0.1) is 12.7 Å². The highest BCUT2D eigenvalue weighted by molar-refractivity contribution is 8.01. The number of halogens is 1. The van der Waals surface area contributed by atoms with Gasteiger partial charge in [0.2, 0.25) is 0 Å². The van der Waals surface area contributed by atoms with Crippen LogP contribution in [0.15, 0.2) is 27.4 Å². The lowest BCUT2D eigenvalue weighted by Gasteiger charge is -2.10. The molecule has 0 radical (unpaired) electrons. The number of hydrogen-bond acceptors (Lipinski definition) is 5. The van der Waals surface area contributed by atoms with Crippen molar-refractivity contribution in [3.8, 4) is 0 Å². The molecule has 0 saturated heterocycles. The minimum Gasteiger partial charge on any atom is -0.389 e. The van der Waals surface area contributed by atoms with Gasteiger partial charge < -0.3 is 5.11 Å². The first-order chi connectivity index (χ1) is 8.06. The molecule has 0 aliphatic heterocycles. The molecule has 3 nitrogen and oxygen atoms in total. The van der Waals surface area contributed by atoms with Crippen LogP contribution in [0.4, 0.5) is 4.39 Å². The van der Waals surface area contributed by atoms with Crippen LogP contribution in [-0.2, 0) is 0 Å². The number of rotatable bonds is 3. The molecule has 90 valence electrons. The van der Waals surface area contributed by atoms with Crippen molar-refractivity contribution in [1.82, 2.24) is 10.2 Å². The number of hydrogen-bond donors (Lipinski definition) is 1. The predicted molar refractivity (Wildman–Crippen MR) is 65.8 cm³/mol. The maximum atomic E-state index is 13.1. The van der Waals surface area contributed by atoms with E-state index in [1.807, 2.05) is 6.92 Å². The van der Waals surface area contributed by atoms with Gasteiger partial charge in [-0.15, -0.1) is 10.2 Å². The molecule has 0 spiro atoms. The Labute approximate surface area is 107 Å². The van der Waals surface area contributed by atoms with Crippen molar-refractivity contribution in [2.24, 2.45) is 0 Å². The molecule has 2 aromatic rings. The standard InChI is InChI=1S/C11H11FN2OS2/c1-6(15)9-5-8(12)3-4-10(9)17-11-14-13-7(2)16-11/h3-6,15H,1-2H3. The molecule has 0 bridgehead atoms. The highest BCUT2D eigenvalue weighted by Crippen LogP contribution is 2.35. The van der Waals surface area contributed by atoms with E-state index in [0.717, 1.165) is 14.2 Å². The summed E-state index contributed by atoms with van der Waals surface area (Å²) >= 11 is 2.86. The molecule has 0 fully saturated rings. The third kappa shape index (κ3) is 3.02. The number of aliphatic hydroxyl groups is 1. The lowest BCUT2D eigenvalue weighted by atomic mass is 10.1. The van der Waals surface area contributed by atoms with Gasteiger partial charge in [0.05, 0.1) is 6.10 Å². The summed E-state index contributed by atoms with van der Waals surface area (Å²) in [6.45, 7) is 3.49. The van der Waals surface area contributed by atoms with Gasteiger partial charge in [-0.25, -0.2) is 4.39 Å². The largest absolute Gasteiger partial charge is 0.389 e. The van der Waals surface area contributed by atoms with Gasteiger partial charge >= 0.3 is 0 Å². The topological polar surface area (TPSA) is 46.0 Å². The zero-order chi connectivity index (χ0) is 12.4. The van der Waals surface area contributed by atoms with Gasteiger partial charge in [-0.1, -0.05) is 23.1 Å². The first kappa shape index (κ1) is 12.5. The highest BCUT2D eigenvalue weighted by atomic mass is 32.2. The van der Waals surface area contributed by atoms with Crippen LogP contribution >= 0.6 is 23.1 Å². The molecule has 0 amide bonds. The van der Waals surface area contributed by atoms with E-state index < -0.39 is 6.10 Å². The Morgan fingerprint density at radius 2 is 2.18 bits per heavy atom. The van der Waals surface area contributed by atoms with Crippen molar-refractivity contribution in [3.63, 3.8) is 0 Å². The number of benzene rings is 1. The van der Waals surface area contributed by atoms with Crippen molar-refractivity contribution in [1.29, 1.82) is 0 Å². The maximum Gasteiger partial charge on any atom is 0.179 e. The summed E-state index contributed by atoms with van der Waals surface area (Å²) in [5.41, 5.74) is 0.572. The number of aryl methyl sites for hydroxylation is 1. The van der Waals surface area contributed by atoms with E-state index in [0.29, 0.717) is 5.56 Å². The second kappa shape index (κ2) is 5.12. The fourth-order valence-corrected chi connectivity index (χ4v) is 3.32. The Morgan fingerprint density at radius 3 is 2.76 bits per heavy atom. The lowest BCUT2D eigenvalue weighted by molar-refractivity contribution is 0.196. The summed E-state index contributed by atoms with van der Waals surface area (Å²) in [6, 6.07) is 4.38. The Kier molecular flexibility index (Phi) is 3.76. The monoisotopic (exact) mass is 270 g/mol. The first-order valence-corrected chi connectivity index (χ1v) is 6.65. The maximum absolute atomic E-state index is 13.1. The Bertz CT molecular complexity index is 528. The zero-order valence-corrected chi connectivity index (χ0v) is 11.0. The summed E-state index contributed by atoms with van der Waals surface area (Å²) < 4.78 is 13.9. The summed E-state index contributed by atoms with van der Waals surface area (Å²) in [5.74, 6) is -0.348. The van der Waals surface area contributed by atoms with Crippen LogP contribution in [0.3, 0.4) is 0 Å². The third-order valence-electron chi connectivity index (χ3n) is 2.13. The van der Waals surface area contributed by atoms with Gasteiger partial charge in [0.25, 0.3) is 0 Å². The Morgan fingerprint density at radius 1 is 1.41 bits per heavy atom. The molecule has 0 aliphatic carbocycles. The molecule has 1 N–H and O–H groups in total. The molecule has 1 heterocycles. The van der Waals surface area contributed by atoms with E-state index in [9.17, 15) is 9.50 Å². The Balaban J connectivity index is 2.32. The van der Waals surface area contributed by atoms with E-state index in [2.05, 4.69) is 10.2 Å². The second-order valence-corrected chi connectivity index (χ2v) is 6.02. The molecule has 1 aromatic carbocycles. The van der Waals surface area contributed by atoms with Crippen LogP contribution in [0.1, 0.15) is 23.6 Å². The van der Waals surface area contributed by atoms with Gasteiger partial charge in [-0.2, -0.15) is 0 Å². The molecular formula is C11H11FN2OS2. The number of nitrogens with zero attached hydrogens (tertiary/aromatic N) is 2. The minimum absolute atomic E-state index is 0.348. The zero-order valence-electron chi connectivity index (χ0n) is 9.35. The van der Waals surface area contributed by atoms with Crippen LogP contribution in [-0.4, -0.2) is 15.3 Å². The van der Waals surface area contributed by atoms with E-state index in [1.54, 1.807) is 13.0 Å². The van der Waals surface area contributed by atoms with Gasteiger partial charge in [0, 0.05) is 4.90 Å². The minimum atomic E-state index is -0.706. The smallest absolute Gasteiger partial charge is 0.179 e.